The fraction of sp³-hybridized carbons (Fsp3) is 0.316. The van der Waals surface area contributed by atoms with Gasteiger partial charge in [0, 0.05) is 37.6 Å². The van der Waals surface area contributed by atoms with Gasteiger partial charge in [0.25, 0.3) is 0 Å². The first kappa shape index (κ1) is 16.7. The minimum atomic E-state index is -0.298. The highest BCUT2D eigenvalue weighted by Crippen LogP contribution is 2.33. The number of ether oxygens (including phenoxy) is 2. The Labute approximate surface area is 151 Å². The number of pyridine rings is 1. The number of nitrogens with two attached hydrogens (primary N) is 1. The molecule has 0 aliphatic carbocycles. The van der Waals surface area contributed by atoms with Crippen LogP contribution in [0.2, 0.25) is 0 Å². The zero-order valence-corrected chi connectivity index (χ0v) is 14.3. The molecule has 0 bridgehead atoms. The number of para-hydroxylation sites is 1. The van der Waals surface area contributed by atoms with E-state index < -0.39 is 0 Å². The molecule has 26 heavy (non-hydrogen) atoms. The van der Waals surface area contributed by atoms with E-state index in [1.54, 1.807) is 12.3 Å². The second-order valence-electron chi connectivity index (χ2n) is 6.32. The van der Waals surface area contributed by atoms with E-state index in [0.717, 1.165) is 24.2 Å². The Morgan fingerprint density at radius 2 is 1.88 bits per heavy atom. The quantitative estimate of drug-likeness (QED) is 0.754. The molecule has 7 nitrogen and oxygen atoms in total. The Morgan fingerprint density at radius 3 is 2.58 bits per heavy atom. The number of rotatable bonds is 5. The summed E-state index contributed by atoms with van der Waals surface area (Å²) in [6, 6.07) is 13.2. The average molecular weight is 352 g/mol. The summed E-state index contributed by atoms with van der Waals surface area (Å²) in [4.78, 5) is 8.89. The van der Waals surface area contributed by atoms with Crippen LogP contribution in [0.1, 0.15) is 18.7 Å². The summed E-state index contributed by atoms with van der Waals surface area (Å²) < 4.78 is 16.7. The van der Waals surface area contributed by atoms with E-state index in [4.69, 9.17) is 19.7 Å². The maximum atomic E-state index is 6.00. The van der Waals surface area contributed by atoms with Crippen LogP contribution in [0.4, 0.5) is 0 Å². The van der Waals surface area contributed by atoms with Crippen LogP contribution in [0.25, 0.3) is 11.4 Å². The molecule has 1 aromatic carbocycles. The highest BCUT2D eigenvalue weighted by Gasteiger charge is 2.38. The lowest BCUT2D eigenvalue weighted by Crippen LogP contribution is -2.40. The molecule has 0 atom stereocenters. The van der Waals surface area contributed by atoms with Crippen molar-refractivity contribution in [3.63, 3.8) is 0 Å². The average Bonchev–Trinajstić information content (AvgIpc) is 3.21. The normalized spacial score (nSPS) is 16.3. The van der Waals surface area contributed by atoms with Crippen LogP contribution in [-0.4, -0.2) is 34.9 Å². The molecule has 1 fully saturated rings. The highest BCUT2D eigenvalue weighted by atomic mass is 16.5. The fourth-order valence-electron chi connectivity index (χ4n) is 3.01. The van der Waals surface area contributed by atoms with Crippen LogP contribution in [0.15, 0.2) is 53.2 Å². The second-order valence-corrected chi connectivity index (χ2v) is 6.32. The van der Waals surface area contributed by atoms with Gasteiger partial charge in [0.2, 0.25) is 17.6 Å². The zero-order valence-electron chi connectivity index (χ0n) is 14.3. The molecule has 0 spiro atoms. The zero-order chi connectivity index (χ0) is 17.8. The van der Waals surface area contributed by atoms with Gasteiger partial charge in [-0.15, -0.1) is 0 Å². The van der Waals surface area contributed by atoms with Gasteiger partial charge in [-0.05, 0) is 31.0 Å². The molecular formula is C19H20N4O3. The van der Waals surface area contributed by atoms with Gasteiger partial charge < -0.3 is 19.7 Å². The van der Waals surface area contributed by atoms with Gasteiger partial charge in [0.1, 0.15) is 5.75 Å². The molecule has 2 N–H and O–H groups in total. The van der Waals surface area contributed by atoms with Gasteiger partial charge in [-0.1, -0.05) is 23.4 Å². The van der Waals surface area contributed by atoms with Crippen molar-refractivity contribution in [2.45, 2.75) is 18.3 Å². The van der Waals surface area contributed by atoms with Crippen LogP contribution in [0.5, 0.6) is 11.6 Å². The molecule has 4 rings (SSSR count). The summed E-state index contributed by atoms with van der Waals surface area (Å²) in [6.07, 6.45) is 3.24. The summed E-state index contributed by atoms with van der Waals surface area (Å²) in [5, 5.41) is 4.10. The monoisotopic (exact) mass is 352 g/mol. The first-order valence-electron chi connectivity index (χ1n) is 8.60. The lowest BCUT2D eigenvalue weighted by Gasteiger charge is -2.32. The van der Waals surface area contributed by atoms with Gasteiger partial charge in [-0.25, -0.2) is 4.98 Å². The molecule has 1 aliphatic heterocycles. The largest absolute Gasteiger partial charge is 0.439 e. The molecule has 0 amide bonds. The van der Waals surface area contributed by atoms with Crippen LogP contribution < -0.4 is 10.5 Å². The predicted octanol–water partition coefficient (Wildman–Crippen LogP) is 2.93. The van der Waals surface area contributed by atoms with Crippen molar-refractivity contribution in [2.75, 3.05) is 19.8 Å². The first-order chi connectivity index (χ1) is 12.8. The lowest BCUT2D eigenvalue weighted by molar-refractivity contribution is 0.0409. The minimum absolute atomic E-state index is 0.298. The van der Waals surface area contributed by atoms with Gasteiger partial charge in [0.05, 0.1) is 5.41 Å². The molecule has 2 aromatic heterocycles. The van der Waals surface area contributed by atoms with Crippen molar-refractivity contribution in [3.05, 3.63) is 54.6 Å². The van der Waals surface area contributed by atoms with E-state index in [0.29, 0.717) is 37.4 Å². The fourth-order valence-corrected chi connectivity index (χ4v) is 3.01. The van der Waals surface area contributed by atoms with E-state index in [1.165, 1.54) is 0 Å². The molecule has 1 aliphatic rings. The number of hydrogen-bond donors (Lipinski definition) is 1. The molecule has 3 aromatic rings. The van der Waals surface area contributed by atoms with Crippen molar-refractivity contribution >= 4 is 0 Å². The van der Waals surface area contributed by atoms with E-state index in [1.807, 2.05) is 36.4 Å². The topological polar surface area (TPSA) is 96.3 Å². The molecule has 134 valence electrons. The third kappa shape index (κ3) is 3.31. The van der Waals surface area contributed by atoms with E-state index >= 15 is 0 Å². The summed E-state index contributed by atoms with van der Waals surface area (Å²) in [5.41, 5.74) is 6.46. The van der Waals surface area contributed by atoms with Crippen molar-refractivity contribution in [2.24, 2.45) is 5.73 Å². The third-order valence-corrected chi connectivity index (χ3v) is 4.68. The second kappa shape index (κ2) is 7.23. The van der Waals surface area contributed by atoms with Crippen LogP contribution in [0, 0.1) is 0 Å². The minimum Gasteiger partial charge on any atom is -0.439 e. The van der Waals surface area contributed by atoms with Crippen LogP contribution in [-0.2, 0) is 10.2 Å². The summed E-state index contributed by atoms with van der Waals surface area (Å²) in [7, 11) is 0. The summed E-state index contributed by atoms with van der Waals surface area (Å²) in [6.45, 7) is 1.77. The summed E-state index contributed by atoms with van der Waals surface area (Å²) >= 11 is 0. The van der Waals surface area contributed by atoms with Crippen molar-refractivity contribution < 1.29 is 14.0 Å². The van der Waals surface area contributed by atoms with E-state index in [9.17, 15) is 0 Å². The molecule has 0 saturated carbocycles. The Morgan fingerprint density at radius 1 is 1.08 bits per heavy atom. The van der Waals surface area contributed by atoms with Gasteiger partial charge in [0.15, 0.2) is 0 Å². The molecule has 0 unspecified atom stereocenters. The van der Waals surface area contributed by atoms with E-state index in [-0.39, 0.29) is 5.41 Å². The Hall–Kier alpha value is -2.77. The SMILES string of the molecule is NCC1(c2nc(-c3ccc(Oc4ccccc4)nc3)no2)CCOCC1. The molecule has 0 radical (unpaired) electrons. The Kier molecular flexibility index (Phi) is 4.64. The van der Waals surface area contributed by atoms with Crippen LogP contribution >= 0.6 is 0 Å². The maximum Gasteiger partial charge on any atom is 0.234 e. The highest BCUT2D eigenvalue weighted by molar-refractivity contribution is 5.53. The van der Waals surface area contributed by atoms with Gasteiger partial charge in [-0.2, -0.15) is 4.98 Å². The van der Waals surface area contributed by atoms with Crippen molar-refractivity contribution in [1.29, 1.82) is 0 Å². The smallest absolute Gasteiger partial charge is 0.234 e. The van der Waals surface area contributed by atoms with Gasteiger partial charge >= 0.3 is 0 Å². The number of hydrogen-bond acceptors (Lipinski definition) is 7. The Balaban J connectivity index is 1.52. The molecule has 1 saturated heterocycles. The predicted molar refractivity (Wildman–Crippen MR) is 94.8 cm³/mol. The van der Waals surface area contributed by atoms with Crippen molar-refractivity contribution in [1.82, 2.24) is 15.1 Å². The van der Waals surface area contributed by atoms with E-state index in [2.05, 4.69) is 15.1 Å². The first-order valence-corrected chi connectivity index (χ1v) is 8.60. The molecule has 3 heterocycles. The number of benzene rings is 1. The lowest BCUT2D eigenvalue weighted by atomic mass is 9.80. The third-order valence-electron chi connectivity index (χ3n) is 4.68. The van der Waals surface area contributed by atoms with Gasteiger partial charge in [-0.3, -0.25) is 0 Å². The molecule has 7 heteroatoms. The number of nitrogens with zero attached hydrogens (tertiary/aromatic N) is 3. The molecular weight excluding hydrogens is 332 g/mol. The number of aromatic nitrogens is 3. The summed E-state index contributed by atoms with van der Waals surface area (Å²) in [5.74, 6) is 2.31. The maximum absolute atomic E-state index is 6.00. The van der Waals surface area contributed by atoms with Crippen LogP contribution in [0.3, 0.4) is 0 Å². The van der Waals surface area contributed by atoms with Crippen molar-refractivity contribution in [3.8, 4) is 23.0 Å². The standard InChI is InChI=1S/C19H20N4O3/c20-13-19(8-10-24-11-9-19)18-22-17(23-26-18)14-6-7-16(21-12-14)25-15-4-2-1-3-5-15/h1-7,12H,8-11,13,20H2. The Bertz CT molecular complexity index is 843.